The molecule has 6 nitrogen and oxygen atoms in total. The number of carbonyl (C=O) groups excluding carboxylic acids is 1. The van der Waals surface area contributed by atoms with E-state index in [9.17, 15) is 9.59 Å². The number of hydrogen-bond acceptors (Lipinski definition) is 4. The number of carboxylic acid groups (broad SMARTS) is 1. The van der Waals surface area contributed by atoms with Crippen LogP contribution in [0.25, 0.3) is 0 Å². The number of hydrogen-bond donors (Lipinski definition) is 1. The minimum absolute atomic E-state index is 0.131. The lowest BCUT2D eigenvalue weighted by Crippen LogP contribution is -2.39. The van der Waals surface area contributed by atoms with Crippen molar-refractivity contribution in [3.63, 3.8) is 0 Å². The van der Waals surface area contributed by atoms with E-state index in [1.165, 1.54) is 11.9 Å². The molecule has 1 aliphatic rings. The first-order chi connectivity index (χ1) is 7.59. The zero-order valence-electron chi connectivity index (χ0n) is 9.52. The minimum Gasteiger partial charge on any atom is -0.480 e. The van der Waals surface area contributed by atoms with Gasteiger partial charge in [0.2, 0.25) is 5.91 Å². The summed E-state index contributed by atoms with van der Waals surface area (Å²) in [4.78, 5) is 25.3. The Bertz CT molecular complexity index is 251. The van der Waals surface area contributed by atoms with Crippen molar-refractivity contribution in [3.05, 3.63) is 0 Å². The third-order valence-electron chi connectivity index (χ3n) is 2.54. The van der Waals surface area contributed by atoms with Crippen molar-refractivity contribution in [3.8, 4) is 0 Å². The highest BCUT2D eigenvalue weighted by molar-refractivity contribution is 5.81. The zero-order chi connectivity index (χ0) is 12.0. The third kappa shape index (κ3) is 4.59. The first-order valence-corrected chi connectivity index (χ1v) is 5.35. The van der Waals surface area contributed by atoms with E-state index in [0.717, 1.165) is 13.1 Å². The number of nitrogens with zero attached hydrogens (tertiary/aromatic N) is 2. The van der Waals surface area contributed by atoms with Crippen molar-refractivity contribution < 1.29 is 19.4 Å². The SMILES string of the molecule is CN(CC(=O)O)C(=O)CCN1CCOCC1. The van der Waals surface area contributed by atoms with Gasteiger partial charge in [-0.25, -0.2) is 0 Å². The lowest BCUT2D eigenvalue weighted by atomic mass is 10.3. The van der Waals surface area contributed by atoms with Gasteiger partial charge < -0.3 is 14.7 Å². The molecule has 0 aromatic carbocycles. The predicted octanol–water partition coefficient (Wildman–Crippen LogP) is -0.748. The van der Waals surface area contributed by atoms with Crippen molar-refractivity contribution in [2.75, 3.05) is 46.4 Å². The minimum atomic E-state index is -0.984. The number of likely N-dealkylation sites (N-methyl/N-ethyl adjacent to an activating group) is 1. The van der Waals surface area contributed by atoms with E-state index >= 15 is 0 Å². The Balaban J connectivity index is 2.20. The molecule has 1 amide bonds. The Morgan fingerprint density at radius 3 is 2.56 bits per heavy atom. The van der Waals surface area contributed by atoms with E-state index in [2.05, 4.69) is 4.90 Å². The fourth-order valence-corrected chi connectivity index (χ4v) is 1.56. The van der Waals surface area contributed by atoms with Gasteiger partial charge in [-0.1, -0.05) is 0 Å². The summed E-state index contributed by atoms with van der Waals surface area (Å²) in [5.74, 6) is -1.11. The molecule has 0 radical (unpaired) electrons. The van der Waals surface area contributed by atoms with Gasteiger partial charge in [-0.05, 0) is 0 Å². The van der Waals surface area contributed by atoms with E-state index in [-0.39, 0.29) is 12.5 Å². The van der Waals surface area contributed by atoms with Crippen LogP contribution in [0.4, 0.5) is 0 Å². The molecule has 1 saturated heterocycles. The fourth-order valence-electron chi connectivity index (χ4n) is 1.56. The van der Waals surface area contributed by atoms with Gasteiger partial charge in [-0.2, -0.15) is 0 Å². The molecular weight excluding hydrogens is 212 g/mol. The van der Waals surface area contributed by atoms with Gasteiger partial charge in [0.15, 0.2) is 0 Å². The molecule has 6 heteroatoms. The van der Waals surface area contributed by atoms with Crippen molar-refractivity contribution in [2.45, 2.75) is 6.42 Å². The molecule has 16 heavy (non-hydrogen) atoms. The topological polar surface area (TPSA) is 70.1 Å². The summed E-state index contributed by atoms with van der Waals surface area (Å²) in [6.07, 6.45) is 0.365. The number of carbonyl (C=O) groups is 2. The standard InChI is InChI=1S/C10H18N2O4/c1-11(8-10(14)15)9(13)2-3-12-4-6-16-7-5-12/h2-8H2,1H3,(H,14,15). The Morgan fingerprint density at radius 2 is 2.00 bits per heavy atom. The van der Waals surface area contributed by atoms with E-state index in [1.54, 1.807) is 0 Å². The molecule has 1 heterocycles. The molecule has 0 atom stereocenters. The number of amides is 1. The highest BCUT2D eigenvalue weighted by Crippen LogP contribution is 1.99. The number of ether oxygens (including phenoxy) is 1. The maximum Gasteiger partial charge on any atom is 0.323 e. The molecular formula is C10H18N2O4. The average Bonchev–Trinajstić information content (AvgIpc) is 2.26. The van der Waals surface area contributed by atoms with E-state index in [0.29, 0.717) is 26.2 Å². The largest absolute Gasteiger partial charge is 0.480 e. The van der Waals surface area contributed by atoms with Crippen molar-refractivity contribution in [2.24, 2.45) is 0 Å². The molecule has 0 saturated carbocycles. The molecule has 1 aliphatic heterocycles. The first kappa shape index (κ1) is 12.9. The van der Waals surface area contributed by atoms with Crippen LogP contribution in [-0.2, 0) is 14.3 Å². The lowest BCUT2D eigenvalue weighted by molar-refractivity contribution is -0.143. The molecule has 0 spiro atoms. The van der Waals surface area contributed by atoms with Crippen LogP contribution in [0.15, 0.2) is 0 Å². The molecule has 0 aromatic rings. The van der Waals surface area contributed by atoms with Crippen LogP contribution in [0.2, 0.25) is 0 Å². The lowest BCUT2D eigenvalue weighted by Gasteiger charge is -2.26. The highest BCUT2D eigenvalue weighted by Gasteiger charge is 2.15. The summed E-state index contributed by atoms with van der Waals surface area (Å²) in [6, 6.07) is 0. The Morgan fingerprint density at radius 1 is 1.38 bits per heavy atom. The smallest absolute Gasteiger partial charge is 0.323 e. The molecule has 0 aliphatic carbocycles. The maximum atomic E-state index is 11.5. The molecule has 0 bridgehead atoms. The summed E-state index contributed by atoms with van der Waals surface area (Å²) < 4.78 is 5.19. The second-order valence-electron chi connectivity index (χ2n) is 3.85. The number of morpholine rings is 1. The highest BCUT2D eigenvalue weighted by atomic mass is 16.5. The maximum absolute atomic E-state index is 11.5. The van der Waals surface area contributed by atoms with Crippen LogP contribution in [0.3, 0.4) is 0 Å². The van der Waals surface area contributed by atoms with Gasteiger partial charge in [0.05, 0.1) is 13.2 Å². The summed E-state index contributed by atoms with van der Waals surface area (Å²) >= 11 is 0. The number of rotatable bonds is 5. The monoisotopic (exact) mass is 230 g/mol. The van der Waals surface area contributed by atoms with Gasteiger partial charge >= 0.3 is 5.97 Å². The Hall–Kier alpha value is -1.14. The van der Waals surface area contributed by atoms with Crippen molar-refractivity contribution in [1.82, 2.24) is 9.80 Å². The third-order valence-corrected chi connectivity index (χ3v) is 2.54. The van der Waals surface area contributed by atoms with E-state index in [4.69, 9.17) is 9.84 Å². The zero-order valence-corrected chi connectivity index (χ0v) is 9.52. The quantitative estimate of drug-likeness (QED) is 0.673. The van der Waals surface area contributed by atoms with Crippen LogP contribution in [0, 0.1) is 0 Å². The molecule has 1 fully saturated rings. The Kier molecular flexibility index (Phi) is 5.21. The van der Waals surface area contributed by atoms with Crippen LogP contribution in [0.1, 0.15) is 6.42 Å². The molecule has 0 aromatic heterocycles. The molecule has 1 rings (SSSR count). The summed E-state index contributed by atoms with van der Waals surface area (Å²) in [6.45, 7) is 3.54. The average molecular weight is 230 g/mol. The van der Waals surface area contributed by atoms with Crippen LogP contribution in [0.5, 0.6) is 0 Å². The van der Waals surface area contributed by atoms with E-state index < -0.39 is 5.97 Å². The van der Waals surface area contributed by atoms with Gasteiger partial charge in [-0.3, -0.25) is 14.5 Å². The molecule has 0 unspecified atom stereocenters. The normalized spacial score (nSPS) is 17.1. The van der Waals surface area contributed by atoms with Crippen molar-refractivity contribution >= 4 is 11.9 Å². The van der Waals surface area contributed by atoms with Gasteiger partial charge in [0.25, 0.3) is 0 Å². The fraction of sp³-hybridized carbons (Fsp3) is 0.800. The number of aliphatic carboxylic acids is 1. The van der Waals surface area contributed by atoms with Gasteiger partial charge in [0.1, 0.15) is 6.54 Å². The van der Waals surface area contributed by atoms with Gasteiger partial charge in [-0.15, -0.1) is 0 Å². The number of carboxylic acids is 1. The summed E-state index contributed by atoms with van der Waals surface area (Å²) in [5.41, 5.74) is 0. The van der Waals surface area contributed by atoms with Crippen LogP contribution < -0.4 is 0 Å². The van der Waals surface area contributed by atoms with Crippen LogP contribution in [-0.4, -0.2) is 73.2 Å². The second-order valence-corrected chi connectivity index (χ2v) is 3.85. The summed E-state index contributed by atoms with van der Waals surface area (Å²) in [5, 5.41) is 8.53. The first-order valence-electron chi connectivity index (χ1n) is 5.35. The predicted molar refractivity (Wildman–Crippen MR) is 57.1 cm³/mol. The summed E-state index contributed by atoms with van der Waals surface area (Å²) in [7, 11) is 1.51. The Labute approximate surface area is 94.8 Å². The van der Waals surface area contributed by atoms with Crippen LogP contribution >= 0.6 is 0 Å². The molecule has 92 valence electrons. The molecule has 1 N–H and O–H groups in total. The second kappa shape index (κ2) is 6.44. The van der Waals surface area contributed by atoms with Crippen molar-refractivity contribution in [1.29, 1.82) is 0 Å². The van der Waals surface area contributed by atoms with Gasteiger partial charge in [0, 0.05) is 33.1 Å². The van der Waals surface area contributed by atoms with E-state index in [1.807, 2.05) is 0 Å².